The van der Waals surface area contributed by atoms with Gasteiger partial charge in [-0.05, 0) is 36.1 Å². The van der Waals surface area contributed by atoms with E-state index in [2.05, 4.69) is 73.9 Å². The zero-order valence-corrected chi connectivity index (χ0v) is 20.3. The molecule has 3 N–H and O–H groups in total. The summed E-state index contributed by atoms with van der Waals surface area (Å²) in [5.74, 6) is -0.0243. The van der Waals surface area contributed by atoms with Gasteiger partial charge in [0.2, 0.25) is 17.8 Å². The van der Waals surface area contributed by atoms with Gasteiger partial charge in [-0.25, -0.2) is 5.10 Å². The Morgan fingerprint density at radius 1 is 0.919 bits per heavy atom. The van der Waals surface area contributed by atoms with Crippen LogP contribution in [0.1, 0.15) is 30.4 Å². The van der Waals surface area contributed by atoms with E-state index in [0.717, 1.165) is 23.9 Å². The highest BCUT2D eigenvalue weighted by Crippen LogP contribution is 2.47. The number of hydrogen-bond acceptors (Lipinski definition) is 4. The van der Waals surface area contributed by atoms with Gasteiger partial charge in [-0.2, -0.15) is 10.1 Å². The van der Waals surface area contributed by atoms with E-state index in [1.807, 2.05) is 17.0 Å². The molecule has 7 rings (SSSR count). The molecule has 5 aromatic rings. The Balaban J connectivity index is 1.20. The standard InChI is InChI=1S/C28H27N7O2/c36-25-13-18(16-35(25)27-31-17-32-33-27)26(37)34-11-9-28(10-12-34,21-14-29-23-7-3-1-5-19(21)23)22-15-30-24-8-4-2-6-20(22)24/h1-8,14-15,17-18,29-30H,9-13,16H2,(H,31,32,33). The summed E-state index contributed by atoms with van der Waals surface area (Å²) in [6.45, 7) is 1.59. The summed E-state index contributed by atoms with van der Waals surface area (Å²) in [4.78, 5) is 40.7. The molecule has 186 valence electrons. The molecule has 0 radical (unpaired) electrons. The molecule has 37 heavy (non-hydrogen) atoms. The molecule has 2 saturated heterocycles. The highest BCUT2D eigenvalue weighted by molar-refractivity contribution is 5.99. The van der Waals surface area contributed by atoms with Crippen molar-refractivity contribution in [1.82, 2.24) is 30.0 Å². The number of H-pyrrole nitrogens is 3. The number of carbonyl (C=O) groups excluding carboxylic acids is 2. The van der Waals surface area contributed by atoms with Crippen LogP contribution >= 0.6 is 0 Å². The molecular formula is C28H27N7O2. The summed E-state index contributed by atoms with van der Waals surface area (Å²) in [5, 5.41) is 9.01. The van der Waals surface area contributed by atoms with E-state index in [-0.39, 0.29) is 29.6 Å². The molecule has 2 aliphatic heterocycles. The van der Waals surface area contributed by atoms with Gasteiger partial charge < -0.3 is 14.9 Å². The third-order valence-electron chi connectivity index (χ3n) is 8.27. The van der Waals surface area contributed by atoms with Gasteiger partial charge in [0.15, 0.2) is 0 Å². The van der Waals surface area contributed by atoms with Crippen molar-refractivity contribution < 1.29 is 9.59 Å². The molecule has 9 heteroatoms. The zero-order chi connectivity index (χ0) is 25.0. The molecular weight excluding hydrogens is 466 g/mol. The number of para-hydroxylation sites is 2. The second kappa shape index (κ2) is 8.33. The maximum atomic E-state index is 13.6. The van der Waals surface area contributed by atoms with Crippen molar-refractivity contribution in [2.45, 2.75) is 24.7 Å². The number of rotatable bonds is 4. The average Bonchev–Trinajstić information content (AvgIpc) is 3.74. The van der Waals surface area contributed by atoms with Crippen molar-refractivity contribution in [3.8, 4) is 0 Å². The van der Waals surface area contributed by atoms with Crippen LogP contribution in [0.25, 0.3) is 21.8 Å². The van der Waals surface area contributed by atoms with Gasteiger partial charge in [-0.3, -0.25) is 14.5 Å². The summed E-state index contributed by atoms with van der Waals surface area (Å²) in [7, 11) is 0. The summed E-state index contributed by atoms with van der Waals surface area (Å²) in [6, 6.07) is 16.8. The number of hydrogen-bond donors (Lipinski definition) is 3. The SMILES string of the molecule is O=C(C1CC(=O)N(c2ncn[nH]2)C1)N1CCC(c2c[nH]c3ccccc23)(c2c[nH]c3ccccc23)CC1. The number of likely N-dealkylation sites (tertiary alicyclic amines) is 1. The first kappa shape index (κ1) is 21.8. The van der Waals surface area contributed by atoms with Gasteiger partial charge in [0, 0.05) is 65.7 Å². The number of fused-ring (bicyclic) bond motifs is 2. The van der Waals surface area contributed by atoms with E-state index in [9.17, 15) is 9.59 Å². The second-order valence-corrected chi connectivity index (χ2v) is 10.1. The fourth-order valence-electron chi connectivity index (χ4n) is 6.39. The Bertz CT molecular complexity index is 1530. The van der Waals surface area contributed by atoms with Crippen molar-refractivity contribution in [2.75, 3.05) is 24.5 Å². The van der Waals surface area contributed by atoms with Crippen LogP contribution in [0.15, 0.2) is 67.3 Å². The van der Waals surface area contributed by atoms with Crippen LogP contribution < -0.4 is 4.90 Å². The van der Waals surface area contributed by atoms with Gasteiger partial charge in [-0.15, -0.1) is 0 Å². The number of anilines is 1. The predicted molar refractivity (Wildman–Crippen MR) is 140 cm³/mol. The van der Waals surface area contributed by atoms with Gasteiger partial charge in [0.1, 0.15) is 6.33 Å². The predicted octanol–water partition coefficient (Wildman–Crippen LogP) is 3.73. The minimum Gasteiger partial charge on any atom is -0.361 e. The van der Waals surface area contributed by atoms with Crippen molar-refractivity contribution in [1.29, 1.82) is 0 Å². The highest BCUT2D eigenvalue weighted by Gasteiger charge is 2.44. The lowest BCUT2D eigenvalue weighted by Crippen LogP contribution is -2.47. The maximum Gasteiger partial charge on any atom is 0.230 e. The Hall–Kier alpha value is -4.40. The van der Waals surface area contributed by atoms with Crippen molar-refractivity contribution in [3.63, 3.8) is 0 Å². The number of carbonyl (C=O) groups is 2. The van der Waals surface area contributed by atoms with E-state index >= 15 is 0 Å². The minimum atomic E-state index is -0.369. The summed E-state index contributed by atoms with van der Waals surface area (Å²) in [5.41, 5.74) is 4.53. The summed E-state index contributed by atoms with van der Waals surface area (Å²) < 4.78 is 0. The number of aromatic amines is 3. The molecule has 0 aliphatic carbocycles. The van der Waals surface area contributed by atoms with Gasteiger partial charge >= 0.3 is 0 Å². The van der Waals surface area contributed by atoms with E-state index in [1.54, 1.807) is 0 Å². The van der Waals surface area contributed by atoms with E-state index in [0.29, 0.717) is 25.6 Å². The number of aromatic nitrogens is 5. The van der Waals surface area contributed by atoms with Crippen molar-refractivity contribution in [3.05, 3.63) is 78.4 Å². The lowest BCUT2D eigenvalue weighted by molar-refractivity contribution is -0.137. The molecule has 9 nitrogen and oxygen atoms in total. The Morgan fingerprint density at radius 3 is 2.14 bits per heavy atom. The van der Waals surface area contributed by atoms with Gasteiger partial charge in [0.05, 0.1) is 5.92 Å². The lowest BCUT2D eigenvalue weighted by atomic mass is 9.67. The summed E-state index contributed by atoms with van der Waals surface area (Å²) >= 11 is 0. The topological polar surface area (TPSA) is 114 Å². The van der Waals surface area contributed by atoms with Gasteiger partial charge in [0.25, 0.3) is 0 Å². The molecule has 5 heterocycles. The highest BCUT2D eigenvalue weighted by atomic mass is 16.2. The maximum absolute atomic E-state index is 13.6. The number of nitrogens with zero attached hydrogens (tertiary/aromatic N) is 4. The van der Waals surface area contributed by atoms with E-state index in [4.69, 9.17) is 0 Å². The average molecular weight is 494 g/mol. The molecule has 1 unspecified atom stereocenters. The van der Waals surface area contributed by atoms with Crippen LogP contribution in [0.4, 0.5) is 5.95 Å². The Kier molecular flexibility index (Phi) is 4.92. The normalized spacial score (nSPS) is 19.8. The third kappa shape index (κ3) is 3.37. The summed E-state index contributed by atoms with van der Waals surface area (Å²) in [6.07, 6.45) is 7.47. The van der Waals surface area contributed by atoms with Crippen LogP contribution in [0, 0.1) is 5.92 Å². The molecule has 2 aliphatic rings. The smallest absolute Gasteiger partial charge is 0.230 e. The number of amides is 2. The van der Waals surface area contributed by atoms with E-state index in [1.165, 1.54) is 33.1 Å². The first-order valence-electron chi connectivity index (χ1n) is 12.7. The monoisotopic (exact) mass is 493 g/mol. The molecule has 3 aromatic heterocycles. The molecule has 1 atom stereocenters. The van der Waals surface area contributed by atoms with Crippen LogP contribution in [0.3, 0.4) is 0 Å². The molecule has 0 spiro atoms. The Morgan fingerprint density at radius 2 is 1.54 bits per heavy atom. The zero-order valence-electron chi connectivity index (χ0n) is 20.3. The van der Waals surface area contributed by atoms with Gasteiger partial charge in [-0.1, -0.05) is 36.4 Å². The quantitative estimate of drug-likeness (QED) is 0.354. The molecule has 2 amide bonds. The molecule has 2 aromatic carbocycles. The largest absolute Gasteiger partial charge is 0.361 e. The number of benzene rings is 2. The van der Waals surface area contributed by atoms with Crippen LogP contribution in [0.5, 0.6) is 0 Å². The first-order valence-corrected chi connectivity index (χ1v) is 12.7. The molecule has 2 fully saturated rings. The van der Waals surface area contributed by atoms with Crippen molar-refractivity contribution >= 4 is 39.6 Å². The van der Waals surface area contributed by atoms with Crippen LogP contribution in [-0.4, -0.2) is 61.5 Å². The van der Waals surface area contributed by atoms with Crippen LogP contribution in [-0.2, 0) is 15.0 Å². The fourth-order valence-corrected chi connectivity index (χ4v) is 6.39. The lowest BCUT2D eigenvalue weighted by Gasteiger charge is -2.42. The molecule has 0 bridgehead atoms. The number of nitrogens with one attached hydrogen (secondary N) is 3. The van der Waals surface area contributed by atoms with Crippen LogP contribution in [0.2, 0.25) is 0 Å². The molecule has 0 saturated carbocycles. The first-order chi connectivity index (χ1) is 18.1. The fraction of sp³-hybridized carbons (Fsp3) is 0.286. The van der Waals surface area contributed by atoms with E-state index < -0.39 is 0 Å². The Labute approximate surface area is 212 Å². The van der Waals surface area contributed by atoms with Crippen molar-refractivity contribution in [2.24, 2.45) is 5.92 Å². The second-order valence-electron chi connectivity index (χ2n) is 10.1. The minimum absolute atomic E-state index is 0.0434. The number of piperidine rings is 1. The third-order valence-corrected chi connectivity index (χ3v) is 8.27.